The molecule has 0 radical (unpaired) electrons. The van der Waals surface area contributed by atoms with Gasteiger partial charge >= 0.3 is 0 Å². The summed E-state index contributed by atoms with van der Waals surface area (Å²) in [7, 11) is -3.19. The van der Waals surface area contributed by atoms with E-state index in [0.29, 0.717) is 6.42 Å². The zero-order valence-electron chi connectivity index (χ0n) is 11.7. The second-order valence-electron chi connectivity index (χ2n) is 6.10. The monoisotopic (exact) mass is 281 g/mol. The Hall–Kier alpha value is -0.870. The SMILES string of the molecule is CC(C)(Cc1ccccc1)NS(=O)(=O)C1CCCC1. The third kappa shape index (κ3) is 4.05. The molecule has 1 aliphatic rings. The van der Waals surface area contributed by atoms with Crippen molar-refractivity contribution in [3.63, 3.8) is 0 Å². The van der Waals surface area contributed by atoms with E-state index in [0.717, 1.165) is 31.2 Å². The number of sulfonamides is 1. The third-order valence-electron chi connectivity index (χ3n) is 3.65. The molecule has 106 valence electrons. The standard InChI is InChI=1S/C15H23NO2S/c1-15(2,12-13-8-4-3-5-9-13)16-19(17,18)14-10-6-7-11-14/h3-5,8-9,14,16H,6-7,10-12H2,1-2H3. The Morgan fingerprint density at radius 2 is 1.74 bits per heavy atom. The van der Waals surface area contributed by atoms with Gasteiger partial charge in [0.15, 0.2) is 0 Å². The van der Waals surface area contributed by atoms with Gasteiger partial charge in [0.25, 0.3) is 0 Å². The van der Waals surface area contributed by atoms with Crippen LogP contribution in [0.25, 0.3) is 0 Å². The Bertz CT molecular complexity index is 502. The van der Waals surface area contributed by atoms with Gasteiger partial charge in [-0.25, -0.2) is 13.1 Å². The van der Waals surface area contributed by atoms with E-state index in [2.05, 4.69) is 4.72 Å². The van der Waals surface area contributed by atoms with E-state index >= 15 is 0 Å². The molecule has 1 saturated carbocycles. The summed E-state index contributed by atoms with van der Waals surface area (Å²) in [6, 6.07) is 10.0. The number of rotatable bonds is 5. The maximum absolute atomic E-state index is 12.3. The highest BCUT2D eigenvalue weighted by Gasteiger charge is 2.33. The molecule has 0 saturated heterocycles. The van der Waals surface area contributed by atoms with E-state index in [4.69, 9.17) is 0 Å². The number of benzene rings is 1. The van der Waals surface area contributed by atoms with Gasteiger partial charge in [0.05, 0.1) is 5.25 Å². The smallest absolute Gasteiger partial charge is 0.212 e. The van der Waals surface area contributed by atoms with Gasteiger partial charge in [0.2, 0.25) is 10.0 Å². The number of nitrogens with one attached hydrogen (secondary N) is 1. The lowest BCUT2D eigenvalue weighted by molar-refractivity contribution is 0.445. The fourth-order valence-corrected chi connectivity index (χ4v) is 4.77. The van der Waals surface area contributed by atoms with Gasteiger partial charge in [-0.2, -0.15) is 0 Å². The molecule has 0 amide bonds. The van der Waals surface area contributed by atoms with Crippen LogP contribution in [0.15, 0.2) is 30.3 Å². The topological polar surface area (TPSA) is 46.2 Å². The van der Waals surface area contributed by atoms with Gasteiger partial charge in [0, 0.05) is 5.54 Å². The van der Waals surface area contributed by atoms with Crippen LogP contribution in [0.4, 0.5) is 0 Å². The lowest BCUT2D eigenvalue weighted by Gasteiger charge is -2.28. The van der Waals surface area contributed by atoms with Crippen molar-refractivity contribution in [2.24, 2.45) is 0 Å². The first-order valence-electron chi connectivity index (χ1n) is 6.96. The normalized spacial score (nSPS) is 17.8. The molecule has 0 atom stereocenters. The first-order chi connectivity index (χ1) is 8.89. The summed E-state index contributed by atoms with van der Waals surface area (Å²) in [6.45, 7) is 3.90. The van der Waals surface area contributed by atoms with Gasteiger partial charge in [-0.05, 0) is 38.7 Å². The quantitative estimate of drug-likeness (QED) is 0.902. The molecule has 1 aromatic rings. The molecular formula is C15H23NO2S. The van der Waals surface area contributed by atoms with Crippen molar-refractivity contribution in [3.8, 4) is 0 Å². The lowest BCUT2D eigenvalue weighted by atomic mass is 9.96. The van der Waals surface area contributed by atoms with Crippen LogP contribution in [0.5, 0.6) is 0 Å². The highest BCUT2D eigenvalue weighted by atomic mass is 32.2. The molecule has 0 bridgehead atoms. The van der Waals surface area contributed by atoms with Gasteiger partial charge < -0.3 is 0 Å². The molecule has 0 aromatic heterocycles. The van der Waals surface area contributed by atoms with Crippen LogP contribution >= 0.6 is 0 Å². The van der Waals surface area contributed by atoms with E-state index in [1.54, 1.807) is 0 Å². The molecule has 0 spiro atoms. The zero-order chi connectivity index (χ0) is 13.9. The summed E-state index contributed by atoms with van der Waals surface area (Å²) in [5, 5.41) is -0.192. The first kappa shape index (κ1) is 14.5. The molecule has 0 heterocycles. The van der Waals surface area contributed by atoms with Crippen molar-refractivity contribution in [1.82, 2.24) is 4.72 Å². The lowest BCUT2D eigenvalue weighted by Crippen LogP contribution is -2.48. The molecule has 0 unspecified atom stereocenters. The summed E-state index contributed by atoms with van der Waals surface area (Å²) in [4.78, 5) is 0. The predicted molar refractivity (Wildman–Crippen MR) is 78.5 cm³/mol. The molecule has 1 fully saturated rings. The average molecular weight is 281 g/mol. The largest absolute Gasteiger partial charge is 0.214 e. The van der Waals surface area contributed by atoms with Crippen molar-refractivity contribution >= 4 is 10.0 Å². The maximum atomic E-state index is 12.3. The highest BCUT2D eigenvalue weighted by Crippen LogP contribution is 2.25. The van der Waals surface area contributed by atoms with Crippen molar-refractivity contribution in [2.45, 2.75) is 56.7 Å². The zero-order valence-corrected chi connectivity index (χ0v) is 12.5. The minimum absolute atomic E-state index is 0.192. The van der Waals surface area contributed by atoms with E-state index in [1.807, 2.05) is 44.2 Å². The van der Waals surface area contributed by atoms with Gasteiger partial charge in [-0.1, -0.05) is 43.2 Å². The van der Waals surface area contributed by atoms with Crippen LogP contribution in [-0.2, 0) is 16.4 Å². The van der Waals surface area contributed by atoms with Crippen molar-refractivity contribution < 1.29 is 8.42 Å². The van der Waals surface area contributed by atoms with Crippen molar-refractivity contribution in [3.05, 3.63) is 35.9 Å². The Morgan fingerprint density at radius 1 is 1.16 bits per heavy atom. The Kier molecular flexibility index (Phi) is 4.31. The Labute approximate surface area is 116 Å². The summed E-state index contributed by atoms with van der Waals surface area (Å²) >= 11 is 0. The van der Waals surface area contributed by atoms with Gasteiger partial charge in [0.1, 0.15) is 0 Å². The Morgan fingerprint density at radius 3 is 2.32 bits per heavy atom. The van der Waals surface area contributed by atoms with Gasteiger partial charge in [-0.15, -0.1) is 0 Å². The molecule has 1 aliphatic carbocycles. The minimum Gasteiger partial charge on any atom is -0.212 e. The molecule has 3 nitrogen and oxygen atoms in total. The summed E-state index contributed by atoms with van der Waals surface area (Å²) < 4.78 is 27.6. The highest BCUT2D eigenvalue weighted by molar-refractivity contribution is 7.90. The van der Waals surface area contributed by atoms with Crippen LogP contribution in [0, 0.1) is 0 Å². The van der Waals surface area contributed by atoms with E-state index in [-0.39, 0.29) is 5.25 Å². The molecule has 1 N–H and O–H groups in total. The molecule has 0 aliphatic heterocycles. The van der Waals surface area contributed by atoms with Crippen molar-refractivity contribution in [2.75, 3.05) is 0 Å². The molecule has 1 aromatic carbocycles. The minimum atomic E-state index is -3.19. The molecule has 4 heteroatoms. The fourth-order valence-electron chi connectivity index (χ4n) is 2.81. The van der Waals surface area contributed by atoms with Crippen LogP contribution < -0.4 is 4.72 Å². The second-order valence-corrected chi connectivity index (χ2v) is 8.06. The van der Waals surface area contributed by atoms with E-state index < -0.39 is 15.6 Å². The van der Waals surface area contributed by atoms with Gasteiger partial charge in [-0.3, -0.25) is 0 Å². The van der Waals surface area contributed by atoms with Crippen molar-refractivity contribution in [1.29, 1.82) is 0 Å². The van der Waals surface area contributed by atoms with Crippen LogP contribution in [0.3, 0.4) is 0 Å². The molecule has 19 heavy (non-hydrogen) atoms. The second kappa shape index (κ2) is 5.63. The maximum Gasteiger partial charge on any atom is 0.214 e. The fraction of sp³-hybridized carbons (Fsp3) is 0.600. The summed E-state index contributed by atoms with van der Waals surface area (Å²) in [5.74, 6) is 0. The van der Waals surface area contributed by atoms with Crippen LogP contribution in [0.2, 0.25) is 0 Å². The third-order valence-corrected chi connectivity index (χ3v) is 5.83. The van der Waals surface area contributed by atoms with Crippen LogP contribution in [-0.4, -0.2) is 19.2 Å². The van der Waals surface area contributed by atoms with E-state index in [1.165, 1.54) is 0 Å². The predicted octanol–water partition coefficient (Wildman–Crippen LogP) is 2.87. The van der Waals surface area contributed by atoms with E-state index in [9.17, 15) is 8.42 Å². The number of hydrogen-bond acceptors (Lipinski definition) is 2. The first-order valence-corrected chi connectivity index (χ1v) is 8.50. The summed E-state index contributed by atoms with van der Waals surface area (Å²) in [5.41, 5.74) is 0.713. The average Bonchev–Trinajstić information content (AvgIpc) is 2.81. The Balaban J connectivity index is 2.04. The molecule has 2 rings (SSSR count). The summed E-state index contributed by atoms with van der Waals surface area (Å²) in [6.07, 6.45) is 4.38. The molecular weight excluding hydrogens is 258 g/mol. The number of hydrogen-bond donors (Lipinski definition) is 1. The van der Waals surface area contributed by atoms with Crippen LogP contribution in [0.1, 0.15) is 45.1 Å².